The molecule has 0 saturated carbocycles. The zero-order valence-electron chi connectivity index (χ0n) is 9.27. The fourth-order valence-electron chi connectivity index (χ4n) is 1.33. The van der Waals surface area contributed by atoms with Crippen molar-refractivity contribution in [2.75, 3.05) is 5.32 Å². The fraction of sp³-hybridized carbons (Fsp3) is 0.0769. The van der Waals surface area contributed by atoms with E-state index in [1.54, 1.807) is 24.4 Å². The number of anilines is 1. The highest BCUT2D eigenvalue weighted by Crippen LogP contribution is 2.10. The van der Waals surface area contributed by atoms with Crippen molar-refractivity contribution < 1.29 is 4.79 Å². The van der Waals surface area contributed by atoms with Crippen LogP contribution in [-0.2, 0) is 0 Å². The average Bonchev–Trinajstić information content (AvgIpc) is 2.33. The summed E-state index contributed by atoms with van der Waals surface area (Å²) in [7, 11) is 0. The molecule has 0 aliphatic carbocycles. The molecule has 1 N–H and O–H groups in total. The number of pyridine rings is 1. The summed E-state index contributed by atoms with van der Waals surface area (Å²) in [4.78, 5) is 16.0. The van der Waals surface area contributed by atoms with Crippen molar-refractivity contribution in [3.8, 4) is 0 Å². The summed E-state index contributed by atoms with van der Waals surface area (Å²) in [5.41, 5.74) is 1.70. The molecule has 0 unspecified atom stereocenters. The Hall–Kier alpha value is -1.43. The molecule has 1 aromatic heterocycles. The van der Waals surface area contributed by atoms with E-state index in [0.717, 1.165) is 9.13 Å². The zero-order valence-corrected chi connectivity index (χ0v) is 11.4. The van der Waals surface area contributed by atoms with Crippen LogP contribution in [0.25, 0.3) is 0 Å². The maximum Gasteiger partial charge on any atom is 0.256 e. The number of amides is 1. The molecule has 0 aliphatic rings. The summed E-state index contributed by atoms with van der Waals surface area (Å²) in [6.45, 7) is 1.96. The molecule has 0 fully saturated rings. The van der Waals surface area contributed by atoms with Gasteiger partial charge in [-0.3, -0.25) is 4.79 Å². The van der Waals surface area contributed by atoms with Gasteiger partial charge in [0.15, 0.2) is 0 Å². The van der Waals surface area contributed by atoms with Gasteiger partial charge in [0.2, 0.25) is 0 Å². The first-order valence-electron chi connectivity index (χ1n) is 5.15. The molecule has 0 atom stereocenters. The lowest BCUT2D eigenvalue weighted by Crippen LogP contribution is -2.12. The van der Waals surface area contributed by atoms with Crippen LogP contribution in [0, 0.1) is 10.5 Å². The average molecular weight is 338 g/mol. The minimum atomic E-state index is -0.141. The molecule has 86 valence electrons. The third-order valence-corrected chi connectivity index (χ3v) is 2.98. The van der Waals surface area contributed by atoms with E-state index < -0.39 is 0 Å². The van der Waals surface area contributed by atoms with Crippen molar-refractivity contribution >= 4 is 34.3 Å². The Bertz CT molecular complexity index is 520. The molecule has 0 aliphatic heterocycles. The summed E-state index contributed by atoms with van der Waals surface area (Å²) in [5, 5.41) is 2.75. The first kappa shape index (κ1) is 12.0. The maximum absolute atomic E-state index is 11.9. The molecule has 0 saturated heterocycles. The van der Waals surface area contributed by atoms with Gasteiger partial charge < -0.3 is 5.32 Å². The SMILES string of the molecule is Cc1ccc(NC(=O)c2ccc(I)cc2)nc1. The molecule has 4 heteroatoms. The van der Waals surface area contributed by atoms with Crippen molar-refractivity contribution in [2.24, 2.45) is 0 Å². The largest absolute Gasteiger partial charge is 0.307 e. The van der Waals surface area contributed by atoms with Gasteiger partial charge in [0.1, 0.15) is 5.82 Å². The number of hydrogen-bond donors (Lipinski definition) is 1. The second-order valence-electron chi connectivity index (χ2n) is 3.68. The molecule has 0 spiro atoms. The quantitative estimate of drug-likeness (QED) is 0.854. The van der Waals surface area contributed by atoms with Gasteiger partial charge in [0.25, 0.3) is 5.91 Å². The number of hydrogen-bond acceptors (Lipinski definition) is 2. The summed E-state index contributed by atoms with van der Waals surface area (Å²) in [5.74, 6) is 0.428. The zero-order chi connectivity index (χ0) is 12.3. The minimum absolute atomic E-state index is 0.141. The van der Waals surface area contributed by atoms with Crippen LogP contribution in [0.4, 0.5) is 5.82 Å². The second kappa shape index (κ2) is 5.27. The molecule has 2 aromatic rings. The van der Waals surface area contributed by atoms with Crippen molar-refractivity contribution in [2.45, 2.75) is 6.92 Å². The van der Waals surface area contributed by atoms with Gasteiger partial charge >= 0.3 is 0 Å². The second-order valence-corrected chi connectivity index (χ2v) is 4.93. The predicted octanol–water partition coefficient (Wildman–Crippen LogP) is 3.25. The summed E-state index contributed by atoms with van der Waals surface area (Å²) >= 11 is 2.20. The molecule has 0 radical (unpaired) electrons. The Morgan fingerprint density at radius 3 is 2.47 bits per heavy atom. The predicted molar refractivity (Wildman–Crippen MR) is 76.1 cm³/mol. The highest BCUT2D eigenvalue weighted by molar-refractivity contribution is 14.1. The lowest BCUT2D eigenvalue weighted by Gasteiger charge is -2.04. The molecule has 3 nitrogen and oxygen atoms in total. The molecule has 1 aromatic carbocycles. The first-order chi connectivity index (χ1) is 8.15. The topological polar surface area (TPSA) is 42.0 Å². The molecule has 0 bridgehead atoms. The number of aromatic nitrogens is 1. The number of halogens is 1. The number of benzene rings is 1. The van der Waals surface area contributed by atoms with Gasteiger partial charge in [-0.05, 0) is 65.4 Å². The Kier molecular flexibility index (Phi) is 3.73. The van der Waals surface area contributed by atoms with Crippen LogP contribution in [0.3, 0.4) is 0 Å². The van der Waals surface area contributed by atoms with E-state index >= 15 is 0 Å². The molecule has 1 amide bonds. The lowest BCUT2D eigenvalue weighted by molar-refractivity contribution is 0.102. The third kappa shape index (κ3) is 3.26. The van der Waals surface area contributed by atoms with Crippen molar-refractivity contribution in [1.82, 2.24) is 4.98 Å². The normalized spacial score (nSPS) is 10.0. The Morgan fingerprint density at radius 2 is 1.88 bits per heavy atom. The molecule has 2 rings (SSSR count). The molecular weight excluding hydrogens is 327 g/mol. The highest BCUT2D eigenvalue weighted by atomic mass is 127. The van der Waals surface area contributed by atoms with Gasteiger partial charge in [0.05, 0.1) is 0 Å². The number of nitrogens with zero attached hydrogens (tertiary/aromatic N) is 1. The van der Waals surface area contributed by atoms with E-state index in [9.17, 15) is 4.79 Å². The number of aryl methyl sites for hydroxylation is 1. The Morgan fingerprint density at radius 1 is 1.18 bits per heavy atom. The summed E-state index contributed by atoms with van der Waals surface area (Å²) in [6, 6.07) is 11.1. The lowest BCUT2D eigenvalue weighted by atomic mass is 10.2. The van der Waals surface area contributed by atoms with E-state index in [0.29, 0.717) is 11.4 Å². The third-order valence-electron chi connectivity index (χ3n) is 2.26. The standard InChI is InChI=1S/C13H11IN2O/c1-9-2-7-12(15-8-9)16-13(17)10-3-5-11(14)6-4-10/h2-8H,1H3,(H,15,16,17). The fourth-order valence-corrected chi connectivity index (χ4v) is 1.69. The van der Waals surface area contributed by atoms with Crippen molar-refractivity contribution in [1.29, 1.82) is 0 Å². The Labute approximate surface area is 113 Å². The van der Waals surface area contributed by atoms with E-state index in [2.05, 4.69) is 32.9 Å². The minimum Gasteiger partial charge on any atom is -0.307 e. The van der Waals surface area contributed by atoms with E-state index in [4.69, 9.17) is 0 Å². The molecule has 1 heterocycles. The molecule has 17 heavy (non-hydrogen) atoms. The van der Waals surface area contributed by atoms with Gasteiger partial charge in [-0.15, -0.1) is 0 Å². The van der Waals surface area contributed by atoms with Crippen LogP contribution < -0.4 is 5.32 Å². The Balaban J connectivity index is 2.11. The number of carbonyl (C=O) groups is 1. The first-order valence-corrected chi connectivity index (χ1v) is 6.22. The number of nitrogens with one attached hydrogen (secondary N) is 1. The maximum atomic E-state index is 11.9. The van der Waals surface area contributed by atoms with Gasteiger partial charge in [-0.1, -0.05) is 6.07 Å². The van der Waals surface area contributed by atoms with Crippen LogP contribution in [-0.4, -0.2) is 10.9 Å². The van der Waals surface area contributed by atoms with Crippen LogP contribution in [0.1, 0.15) is 15.9 Å². The number of rotatable bonds is 2. The van der Waals surface area contributed by atoms with Gasteiger partial charge in [-0.2, -0.15) is 0 Å². The van der Waals surface area contributed by atoms with E-state index in [-0.39, 0.29) is 5.91 Å². The number of carbonyl (C=O) groups excluding carboxylic acids is 1. The summed E-state index contributed by atoms with van der Waals surface area (Å²) < 4.78 is 1.10. The summed E-state index contributed by atoms with van der Waals surface area (Å²) in [6.07, 6.45) is 1.73. The van der Waals surface area contributed by atoms with Crippen LogP contribution >= 0.6 is 22.6 Å². The smallest absolute Gasteiger partial charge is 0.256 e. The van der Waals surface area contributed by atoms with Crippen molar-refractivity contribution in [3.63, 3.8) is 0 Å². The van der Waals surface area contributed by atoms with Gasteiger partial charge in [0, 0.05) is 15.3 Å². The highest BCUT2D eigenvalue weighted by Gasteiger charge is 2.05. The van der Waals surface area contributed by atoms with E-state index in [1.165, 1.54) is 0 Å². The van der Waals surface area contributed by atoms with Crippen molar-refractivity contribution in [3.05, 3.63) is 57.3 Å². The van der Waals surface area contributed by atoms with E-state index in [1.807, 2.05) is 25.1 Å². The van der Waals surface area contributed by atoms with Crippen LogP contribution in [0.15, 0.2) is 42.6 Å². The monoisotopic (exact) mass is 338 g/mol. The van der Waals surface area contributed by atoms with Crippen LogP contribution in [0.5, 0.6) is 0 Å². The van der Waals surface area contributed by atoms with Gasteiger partial charge in [-0.25, -0.2) is 4.98 Å². The molecular formula is C13H11IN2O. The van der Waals surface area contributed by atoms with Crippen LogP contribution in [0.2, 0.25) is 0 Å².